The molecular weight excluding hydrogens is 545 g/mol. The number of nitrogens with zero attached hydrogens (tertiary/aromatic N) is 1. The lowest BCUT2D eigenvalue weighted by molar-refractivity contribution is -0.127. The molecule has 168 valence electrons. The quantitative estimate of drug-likeness (QED) is 0.264. The van der Waals surface area contributed by atoms with Crippen LogP contribution in [0.25, 0.3) is 0 Å². The standard InChI is InChI=1S/C27H18INO5/c1-14-9-11-17(12-10-14)29-25(32)20-21(26(29)33)27(34-22(20)15-5-4-6-16(28)13-15)23(30)18-7-2-3-8-19(18)24(27)31/h2-13,20-22H,1H3/t20-,21+,22+/m0/s1. The number of Topliss-reactive ketones (excluding diaryl/α,β-unsaturated/α-hetero) is 2. The summed E-state index contributed by atoms with van der Waals surface area (Å²) in [6.07, 6.45) is -0.908. The molecule has 2 aliphatic heterocycles. The number of benzene rings is 3. The van der Waals surface area contributed by atoms with E-state index in [1.54, 1.807) is 42.5 Å². The Bertz CT molecular complexity index is 1380. The summed E-state index contributed by atoms with van der Waals surface area (Å²) in [6.45, 7) is 1.91. The number of fused-ring (bicyclic) bond motifs is 3. The smallest absolute Gasteiger partial charge is 0.241 e. The minimum absolute atomic E-state index is 0.226. The van der Waals surface area contributed by atoms with Gasteiger partial charge in [0.1, 0.15) is 0 Å². The van der Waals surface area contributed by atoms with E-state index in [1.165, 1.54) is 0 Å². The Balaban J connectivity index is 1.55. The molecule has 3 aromatic carbocycles. The number of carbonyl (C=O) groups excluding carboxylic acids is 4. The average Bonchev–Trinajstić information content (AvgIpc) is 3.40. The van der Waals surface area contributed by atoms with Crippen LogP contribution in [0, 0.1) is 22.3 Å². The largest absolute Gasteiger partial charge is 0.349 e. The summed E-state index contributed by atoms with van der Waals surface area (Å²) in [4.78, 5) is 56.2. The molecule has 2 fully saturated rings. The molecule has 6 rings (SSSR count). The maximum atomic E-state index is 13.8. The number of hydrogen-bond acceptors (Lipinski definition) is 5. The molecular formula is C27H18INO5. The lowest BCUT2D eigenvalue weighted by Crippen LogP contribution is -2.51. The number of amides is 2. The molecule has 3 atom stereocenters. The predicted octanol–water partition coefficient (Wildman–Crippen LogP) is 4.29. The van der Waals surface area contributed by atoms with E-state index < -0.39 is 46.9 Å². The Kier molecular flexibility index (Phi) is 4.66. The van der Waals surface area contributed by atoms with Gasteiger partial charge in [-0.1, -0.05) is 54.1 Å². The van der Waals surface area contributed by atoms with E-state index >= 15 is 0 Å². The zero-order valence-corrected chi connectivity index (χ0v) is 20.2. The van der Waals surface area contributed by atoms with E-state index in [0.717, 1.165) is 14.0 Å². The lowest BCUT2D eigenvalue weighted by Gasteiger charge is -2.27. The van der Waals surface area contributed by atoms with Gasteiger partial charge in [-0.15, -0.1) is 0 Å². The highest BCUT2D eigenvalue weighted by molar-refractivity contribution is 14.1. The van der Waals surface area contributed by atoms with Gasteiger partial charge in [0.2, 0.25) is 29.0 Å². The van der Waals surface area contributed by atoms with Crippen LogP contribution in [0.5, 0.6) is 0 Å². The number of halogens is 1. The number of ether oxygens (including phenoxy) is 1. The highest BCUT2D eigenvalue weighted by Gasteiger charge is 2.74. The minimum Gasteiger partial charge on any atom is -0.349 e. The summed E-state index contributed by atoms with van der Waals surface area (Å²) in [5.41, 5.74) is 0.458. The third-order valence-corrected chi connectivity index (χ3v) is 7.66. The number of anilines is 1. The van der Waals surface area contributed by atoms with Gasteiger partial charge in [-0.3, -0.25) is 19.2 Å². The molecule has 3 aromatic rings. The van der Waals surface area contributed by atoms with Crippen molar-refractivity contribution >= 4 is 51.7 Å². The lowest BCUT2D eigenvalue weighted by atomic mass is 9.77. The molecule has 6 nitrogen and oxygen atoms in total. The second kappa shape index (κ2) is 7.41. The number of aryl methyl sites for hydroxylation is 1. The van der Waals surface area contributed by atoms with Crippen LogP contribution in [0.3, 0.4) is 0 Å². The third kappa shape index (κ3) is 2.71. The van der Waals surface area contributed by atoms with Crippen LogP contribution in [0.2, 0.25) is 0 Å². The number of hydrogen-bond donors (Lipinski definition) is 0. The van der Waals surface area contributed by atoms with Gasteiger partial charge < -0.3 is 4.74 Å². The topological polar surface area (TPSA) is 80.8 Å². The fourth-order valence-electron chi connectivity index (χ4n) is 5.45. The molecule has 2 saturated heterocycles. The van der Waals surface area contributed by atoms with Gasteiger partial charge in [-0.05, 0) is 59.3 Å². The molecule has 2 heterocycles. The normalized spacial score (nSPS) is 24.8. The van der Waals surface area contributed by atoms with Crippen LogP contribution in [0.1, 0.15) is 37.9 Å². The van der Waals surface area contributed by atoms with Crippen molar-refractivity contribution in [2.24, 2.45) is 11.8 Å². The van der Waals surface area contributed by atoms with Gasteiger partial charge in [0, 0.05) is 14.7 Å². The number of imide groups is 1. The Morgan fingerprint density at radius 3 is 2.09 bits per heavy atom. The maximum Gasteiger partial charge on any atom is 0.241 e. The Morgan fingerprint density at radius 2 is 1.47 bits per heavy atom. The van der Waals surface area contributed by atoms with E-state index in [0.29, 0.717) is 11.3 Å². The average molecular weight is 563 g/mol. The zero-order chi connectivity index (χ0) is 23.8. The Morgan fingerprint density at radius 1 is 0.824 bits per heavy atom. The summed E-state index contributed by atoms with van der Waals surface area (Å²) in [5, 5.41) is 0. The zero-order valence-electron chi connectivity index (χ0n) is 18.0. The summed E-state index contributed by atoms with van der Waals surface area (Å²) < 4.78 is 7.21. The molecule has 0 saturated carbocycles. The molecule has 34 heavy (non-hydrogen) atoms. The Hall–Kier alpha value is -3.17. The van der Waals surface area contributed by atoms with Gasteiger partial charge in [0.15, 0.2) is 0 Å². The summed E-state index contributed by atoms with van der Waals surface area (Å²) in [5.74, 6) is -4.38. The minimum atomic E-state index is -2.05. The van der Waals surface area contributed by atoms with Gasteiger partial charge in [-0.2, -0.15) is 0 Å². The molecule has 0 aromatic heterocycles. The highest BCUT2D eigenvalue weighted by Crippen LogP contribution is 2.57. The first-order chi connectivity index (χ1) is 16.3. The SMILES string of the molecule is Cc1ccc(N2C(=O)[C@@H]3[C@@H](c4cccc(I)c4)OC4(C(=O)c5ccccc5C4=O)[C@H]3C2=O)cc1. The van der Waals surface area contributed by atoms with Crippen LogP contribution in [0.15, 0.2) is 72.8 Å². The molecule has 0 bridgehead atoms. The van der Waals surface area contributed by atoms with E-state index in [4.69, 9.17) is 4.74 Å². The van der Waals surface area contributed by atoms with Crippen LogP contribution in [0.4, 0.5) is 5.69 Å². The fourth-order valence-corrected chi connectivity index (χ4v) is 6.02. The van der Waals surface area contributed by atoms with Crippen LogP contribution in [-0.2, 0) is 14.3 Å². The van der Waals surface area contributed by atoms with Gasteiger partial charge in [-0.25, -0.2) is 4.90 Å². The van der Waals surface area contributed by atoms with Crippen molar-refractivity contribution in [3.8, 4) is 0 Å². The van der Waals surface area contributed by atoms with Crippen molar-refractivity contribution in [2.75, 3.05) is 4.90 Å². The monoisotopic (exact) mass is 563 g/mol. The van der Waals surface area contributed by atoms with E-state index in [-0.39, 0.29) is 11.1 Å². The van der Waals surface area contributed by atoms with Gasteiger partial charge in [0.05, 0.1) is 23.6 Å². The van der Waals surface area contributed by atoms with Crippen LogP contribution < -0.4 is 4.90 Å². The molecule has 2 amide bonds. The molecule has 0 N–H and O–H groups in total. The molecule has 1 aliphatic carbocycles. The molecule has 0 radical (unpaired) electrons. The second-order valence-corrected chi connectivity index (χ2v) is 10.1. The van der Waals surface area contributed by atoms with Crippen molar-refractivity contribution in [3.05, 3.63) is 98.6 Å². The van der Waals surface area contributed by atoms with Crippen molar-refractivity contribution in [1.82, 2.24) is 0 Å². The Labute approximate surface area is 209 Å². The molecule has 0 unspecified atom stereocenters. The molecule has 1 spiro atoms. The number of ketones is 2. The van der Waals surface area contributed by atoms with Crippen molar-refractivity contribution in [2.45, 2.75) is 18.6 Å². The van der Waals surface area contributed by atoms with Crippen LogP contribution in [-0.4, -0.2) is 29.0 Å². The van der Waals surface area contributed by atoms with Crippen molar-refractivity contribution < 1.29 is 23.9 Å². The summed E-state index contributed by atoms with van der Waals surface area (Å²) >= 11 is 2.15. The van der Waals surface area contributed by atoms with Crippen molar-refractivity contribution in [1.29, 1.82) is 0 Å². The first-order valence-electron chi connectivity index (χ1n) is 10.9. The van der Waals surface area contributed by atoms with E-state index in [1.807, 2.05) is 37.3 Å². The third-order valence-electron chi connectivity index (χ3n) is 6.99. The first kappa shape index (κ1) is 21.4. The summed E-state index contributed by atoms with van der Waals surface area (Å²) in [6, 6.07) is 20.9. The van der Waals surface area contributed by atoms with Crippen molar-refractivity contribution in [3.63, 3.8) is 0 Å². The molecule has 7 heteroatoms. The van der Waals surface area contributed by atoms with Crippen LogP contribution >= 0.6 is 22.6 Å². The van der Waals surface area contributed by atoms with E-state index in [9.17, 15) is 19.2 Å². The number of rotatable bonds is 2. The first-order valence-corrected chi connectivity index (χ1v) is 12.0. The highest BCUT2D eigenvalue weighted by atomic mass is 127. The second-order valence-electron chi connectivity index (χ2n) is 8.88. The number of carbonyl (C=O) groups is 4. The maximum absolute atomic E-state index is 13.8. The molecule has 3 aliphatic rings. The van der Waals surface area contributed by atoms with Gasteiger partial charge >= 0.3 is 0 Å². The predicted molar refractivity (Wildman–Crippen MR) is 131 cm³/mol. The summed E-state index contributed by atoms with van der Waals surface area (Å²) in [7, 11) is 0. The van der Waals surface area contributed by atoms with E-state index in [2.05, 4.69) is 22.6 Å². The fraction of sp³-hybridized carbons (Fsp3) is 0.185. The van der Waals surface area contributed by atoms with Gasteiger partial charge in [0.25, 0.3) is 0 Å².